The number of nitrogens with zero attached hydrogens (tertiary/aromatic N) is 3. The Kier molecular flexibility index (Phi) is 6.25. The van der Waals surface area contributed by atoms with Crippen molar-refractivity contribution in [2.24, 2.45) is 5.10 Å². The predicted octanol–water partition coefficient (Wildman–Crippen LogP) is 4.97. The van der Waals surface area contributed by atoms with Gasteiger partial charge in [0.1, 0.15) is 0 Å². The molecule has 0 aliphatic carbocycles. The summed E-state index contributed by atoms with van der Waals surface area (Å²) in [7, 11) is 0. The Balaban J connectivity index is 1.32. The van der Waals surface area contributed by atoms with Crippen LogP contribution < -0.4 is 5.43 Å². The summed E-state index contributed by atoms with van der Waals surface area (Å²) >= 11 is 1.42. The second-order valence-corrected chi connectivity index (χ2v) is 7.64. The van der Waals surface area contributed by atoms with Gasteiger partial charge in [-0.1, -0.05) is 78.5 Å². The number of rotatable bonds is 7. The molecule has 1 amide bonds. The van der Waals surface area contributed by atoms with Gasteiger partial charge in [-0.2, -0.15) is 5.10 Å². The van der Waals surface area contributed by atoms with Crippen LogP contribution in [0.2, 0.25) is 0 Å². The van der Waals surface area contributed by atoms with Gasteiger partial charge in [-0.15, -0.1) is 0 Å². The Morgan fingerprint density at radius 3 is 2.47 bits per heavy atom. The van der Waals surface area contributed by atoms with E-state index in [2.05, 4.69) is 39.1 Å². The summed E-state index contributed by atoms with van der Waals surface area (Å²) in [6.07, 6.45) is 1.65. The van der Waals surface area contributed by atoms with Crippen molar-refractivity contribution in [2.45, 2.75) is 18.6 Å². The van der Waals surface area contributed by atoms with Crippen LogP contribution in [0.15, 0.2) is 89.1 Å². The Labute approximate surface area is 179 Å². The van der Waals surface area contributed by atoms with Gasteiger partial charge in [-0.3, -0.25) is 4.79 Å². The number of hydrazone groups is 1. The molecule has 6 heteroatoms. The standard InChI is InChI=1S/C24H22N4OS/c1-2-28-22-11-7-6-10-21(22)26-24(28)30-17-23(29)27-25-16-18-12-14-20(15-13-18)19-8-4-3-5-9-19/h3-16H,2,17H2,1H3,(H,27,29)/b25-16-. The topological polar surface area (TPSA) is 59.3 Å². The molecule has 30 heavy (non-hydrogen) atoms. The Hall–Kier alpha value is -3.38. The molecule has 4 rings (SSSR count). The third-order valence-corrected chi connectivity index (χ3v) is 5.67. The lowest BCUT2D eigenvalue weighted by Crippen LogP contribution is -2.20. The summed E-state index contributed by atoms with van der Waals surface area (Å²) in [5.41, 5.74) is 7.86. The smallest absolute Gasteiger partial charge is 0.250 e. The fraction of sp³-hybridized carbons (Fsp3) is 0.125. The van der Waals surface area contributed by atoms with E-state index in [0.29, 0.717) is 0 Å². The van der Waals surface area contributed by atoms with Gasteiger partial charge >= 0.3 is 0 Å². The number of imidazole rings is 1. The number of hydrogen-bond donors (Lipinski definition) is 1. The van der Waals surface area contributed by atoms with Crippen LogP contribution in [-0.4, -0.2) is 27.4 Å². The van der Waals surface area contributed by atoms with E-state index >= 15 is 0 Å². The van der Waals surface area contributed by atoms with Gasteiger partial charge in [-0.25, -0.2) is 10.4 Å². The van der Waals surface area contributed by atoms with Crippen molar-refractivity contribution in [3.8, 4) is 11.1 Å². The maximum Gasteiger partial charge on any atom is 0.250 e. The molecule has 0 saturated heterocycles. The average molecular weight is 415 g/mol. The highest BCUT2D eigenvalue weighted by atomic mass is 32.2. The molecule has 0 fully saturated rings. The van der Waals surface area contributed by atoms with Crippen molar-refractivity contribution in [2.75, 3.05) is 5.75 Å². The maximum atomic E-state index is 12.2. The SMILES string of the molecule is CCn1c(SCC(=O)N/N=C\c2ccc(-c3ccccc3)cc2)nc2ccccc21. The van der Waals surface area contributed by atoms with Crippen molar-refractivity contribution >= 4 is 34.9 Å². The molecule has 150 valence electrons. The van der Waals surface area contributed by atoms with Gasteiger partial charge in [0, 0.05) is 6.54 Å². The van der Waals surface area contributed by atoms with Crippen molar-refractivity contribution in [1.29, 1.82) is 0 Å². The minimum Gasteiger partial charge on any atom is -0.319 e. The second kappa shape index (κ2) is 9.41. The molecular weight excluding hydrogens is 392 g/mol. The van der Waals surface area contributed by atoms with Crippen molar-refractivity contribution in [3.63, 3.8) is 0 Å². The fourth-order valence-electron chi connectivity index (χ4n) is 3.20. The van der Waals surface area contributed by atoms with Crippen LogP contribution in [0.25, 0.3) is 22.2 Å². The molecule has 0 unspecified atom stereocenters. The third kappa shape index (κ3) is 4.60. The van der Waals surface area contributed by atoms with Gasteiger partial charge in [0.25, 0.3) is 5.91 Å². The van der Waals surface area contributed by atoms with E-state index < -0.39 is 0 Å². The van der Waals surface area contributed by atoms with Gasteiger partial charge in [0.05, 0.1) is 23.0 Å². The number of aromatic nitrogens is 2. The molecule has 1 heterocycles. The molecule has 0 radical (unpaired) electrons. The highest BCUT2D eigenvalue weighted by Crippen LogP contribution is 2.23. The second-order valence-electron chi connectivity index (χ2n) is 6.70. The van der Waals surface area contributed by atoms with Crippen molar-refractivity contribution in [1.82, 2.24) is 15.0 Å². The molecule has 0 atom stereocenters. The summed E-state index contributed by atoms with van der Waals surface area (Å²) in [6.45, 7) is 2.88. The van der Waals surface area contributed by atoms with Crippen LogP contribution in [0, 0.1) is 0 Å². The zero-order valence-corrected chi connectivity index (χ0v) is 17.5. The number of thioether (sulfide) groups is 1. The van der Waals surface area contributed by atoms with E-state index in [-0.39, 0.29) is 11.7 Å². The van der Waals surface area contributed by atoms with Gasteiger partial charge in [0.2, 0.25) is 0 Å². The summed E-state index contributed by atoms with van der Waals surface area (Å²) in [5.74, 6) is 0.0972. The van der Waals surface area contributed by atoms with E-state index in [0.717, 1.165) is 33.9 Å². The van der Waals surface area contributed by atoms with Gasteiger partial charge in [0.15, 0.2) is 5.16 Å². The van der Waals surface area contributed by atoms with Crippen LogP contribution in [0.3, 0.4) is 0 Å². The first-order chi connectivity index (χ1) is 14.7. The first-order valence-electron chi connectivity index (χ1n) is 9.80. The lowest BCUT2D eigenvalue weighted by atomic mass is 10.0. The quantitative estimate of drug-likeness (QED) is 0.264. The van der Waals surface area contributed by atoms with Crippen LogP contribution >= 0.6 is 11.8 Å². The van der Waals surface area contributed by atoms with Gasteiger partial charge < -0.3 is 4.57 Å². The maximum absolute atomic E-state index is 12.2. The van der Waals surface area contributed by atoms with Crippen LogP contribution in [0.4, 0.5) is 0 Å². The molecule has 0 aliphatic heterocycles. The molecule has 0 saturated carbocycles. The van der Waals surface area contributed by atoms with Crippen molar-refractivity contribution in [3.05, 3.63) is 84.4 Å². The first kappa shape index (κ1) is 19.9. The zero-order valence-electron chi connectivity index (χ0n) is 16.7. The van der Waals surface area contributed by atoms with E-state index in [9.17, 15) is 4.79 Å². The molecule has 5 nitrogen and oxygen atoms in total. The fourth-order valence-corrected chi connectivity index (χ4v) is 4.07. The Bertz CT molecular complexity index is 1170. The highest BCUT2D eigenvalue weighted by Gasteiger charge is 2.11. The predicted molar refractivity (Wildman–Crippen MR) is 124 cm³/mol. The number of fused-ring (bicyclic) bond motifs is 1. The summed E-state index contributed by atoms with van der Waals surface area (Å²) in [5, 5.41) is 4.92. The third-order valence-electron chi connectivity index (χ3n) is 4.69. The minimum absolute atomic E-state index is 0.160. The average Bonchev–Trinajstić information content (AvgIpc) is 3.16. The number of nitrogens with one attached hydrogen (secondary N) is 1. The van der Waals surface area contributed by atoms with E-state index in [4.69, 9.17) is 0 Å². The zero-order chi connectivity index (χ0) is 20.8. The number of hydrogen-bond acceptors (Lipinski definition) is 4. The number of carbonyl (C=O) groups excluding carboxylic acids is 1. The number of benzene rings is 3. The summed E-state index contributed by atoms with van der Waals surface area (Å²) in [4.78, 5) is 16.8. The normalized spacial score (nSPS) is 11.2. The monoisotopic (exact) mass is 414 g/mol. The van der Waals surface area contributed by atoms with Crippen molar-refractivity contribution < 1.29 is 4.79 Å². The number of carbonyl (C=O) groups is 1. The van der Waals surface area contributed by atoms with Crippen LogP contribution in [0.5, 0.6) is 0 Å². The molecule has 3 aromatic carbocycles. The highest BCUT2D eigenvalue weighted by molar-refractivity contribution is 7.99. The van der Waals surface area contributed by atoms with Crippen LogP contribution in [0.1, 0.15) is 12.5 Å². The molecule has 0 bridgehead atoms. The van der Waals surface area contributed by atoms with E-state index in [1.54, 1.807) is 6.21 Å². The molecule has 0 aliphatic rings. The minimum atomic E-state index is -0.160. The largest absolute Gasteiger partial charge is 0.319 e. The molecule has 1 aromatic heterocycles. The molecular formula is C24H22N4OS. The number of para-hydroxylation sites is 2. The lowest BCUT2D eigenvalue weighted by molar-refractivity contribution is -0.118. The summed E-state index contributed by atoms with van der Waals surface area (Å²) < 4.78 is 2.12. The Morgan fingerprint density at radius 1 is 1.00 bits per heavy atom. The van der Waals surface area contributed by atoms with E-state index in [1.807, 2.05) is 66.7 Å². The summed E-state index contributed by atoms with van der Waals surface area (Å²) in [6, 6.07) is 26.3. The first-order valence-corrected chi connectivity index (χ1v) is 10.8. The molecule has 4 aromatic rings. The lowest BCUT2D eigenvalue weighted by Gasteiger charge is -2.05. The Morgan fingerprint density at radius 2 is 1.70 bits per heavy atom. The number of amides is 1. The van der Waals surface area contributed by atoms with Crippen LogP contribution in [-0.2, 0) is 11.3 Å². The molecule has 0 spiro atoms. The van der Waals surface area contributed by atoms with Gasteiger partial charge in [-0.05, 0) is 35.7 Å². The van der Waals surface area contributed by atoms with E-state index in [1.165, 1.54) is 17.3 Å². The molecule has 1 N–H and O–H groups in total. The number of aryl methyl sites for hydroxylation is 1.